The van der Waals surface area contributed by atoms with E-state index < -0.39 is 0 Å². The van der Waals surface area contributed by atoms with E-state index in [1.165, 1.54) is 0 Å². The highest BCUT2D eigenvalue weighted by molar-refractivity contribution is 7.80. The standard InChI is InChI=1S/C8H11N3OS/c1-6-9-4-7(5-10-6)11-8(12)2-3-13/h4-5,13H,2-3H2,1H3,(H,11,12). The Balaban J connectivity index is 2.54. The fraction of sp³-hybridized carbons (Fsp3) is 0.375. The largest absolute Gasteiger partial charge is 0.323 e. The van der Waals surface area contributed by atoms with E-state index in [9.17, 15) is 4.79 Å². The molecule has 0 fully saturated rings. The predicted molar refractivity (Wildman–Crippen MR) is 53.9 cm³/mol. The van der Waals surface area contributed by atoms with Crippen LogP contribution >= 0.6 is 12.6 Å². The van der Waals surface area contributed by atoms with Crippen LogP contribution in [0.1, 0.15) is 12.2 Å². The monoisotopic (exact) mass is 197 g/mol. The summed E-state index contributed by atoms with van der Waals surface area (Å²) in [7, 11) is 0. The molecule has 0 saturated carbocycles. The molecule has 1 N–H and O–H groups in total. The summed E-state index contributed by atoms with van der Waals surface area (Å²) < 4.78 is 0. The van der Waals surface area contributed by atoms with Gasteiger partial charge in [0.2, 0.25) is 5.91 Å². The van der Waals surface area contributed by atoms with E-state index in [4.69, 9.17) is 0 Å². The predicted octanol–water partition coefficient (Wildman–Crippen LogP) is 1.04. The molecule has 13 heavy (non-hydrogen) atoms. The summed E-state index contributed by atoms with van der Waals surface area (Å²) in [4.78, 5) is 19.0. The van der Waals surface area contributed by atoms with Crippen molar-refractivity contribution in [3.05, 3.63) is 18.2 Å². The molecular weight excluding hydrogens is 186 g/mol. The van der Waals surface area contributed by atoms with E-state index in [0.29, 0.717) is 23.7 Å². The van der Waals surface area contributed by atoms with Crippen molar-refractivity contribution in [3.63, 3.8) is 0 Å². The van der Waals surface area contributed by atoms with Gasteiger partial charge in [0, 0.05) is 6.42 Å². The number of amides is 1. The average molecular weight is 197 g/mol. The molecule has 0 spiro atoms. The smallest absolute Gasteiger partial charge is 0.225 e. The van der Waals surface area contributed by atoms with E-state index in [-0.39, 0.29) is 5.91 Å². The third-order valence-corrected chi connectivity index (χ3v) is 1.63. The third-order valence-electron chi connectivity index (χ3n) is 1.40. The summed E-state index contributed by atoms with van der Waals surface area (Å²) in [5.74, 6) is 1.16. The molecule has 0 aliphatic carbocycles. The minimum absolute atomic E-state index is 0.0672. The fourth-order valence-electron chi connectivity index (χ4n) is 0.782. The first kappa shape index (κ1) is 9.98. The number of hydrogen-bond donors (Lipinski definition) is 2. The maximum absolute atomic E-state index is 11.1. The van der Waals surface area contributed by atoms with Crippen molar-refractivity contribution in [3.8, 4) is 0 Å². The minimum atomic E-state index is -0.0672. The molecule has 4 nitrogen and oxygen atoms in total. The quantitative estimate of drug-likeness (QED) is 0.712. The van der Waals surface area contributed by atoms with Gasteiger partial charge in [0.05, 0.1) is 18.1 Å². The summed E-state index contributed by atoms with van der Waals surface area (Å²) in [6.45, 7) is 1.79. The Bertz CT molecular complexity index is 286. The second-order valence-electron chi connectivity index (χ2n) is 2.54. The number of nitrogens with zero attached hydrogens (tertiary/aromatic N) is 2. The Morgan fingerprint density at radius 1 is 1.54 bits per heavy atom. The molecular formula is C8H11N3OS. The molecule has 1 aromatic rings. The van der Waals surface area contributed by atoms with Crippen LogP contribution in [-0.4, -0.2) is 21.6 Å². The van der Waals surface area contributed by atoms with Crippen molar-refractivity contribution in [1.82, 2.24) is 9.97 Å². The van der Waals surface area contributed by atoms with Gasteiger partial charge in [-0.25, -0.2) is 9.97 Å². The summed E-state index contributed by atoms with van der Waals surface area (Å²) in [6, 6.07) is 0. The van der Waals surface area contributed by atoms with Gasteiger partial charge in [-0.05, 0) is 12.7 Å². The van der Waals surface area contributed by atoms with E-state index in [2.05, 4.69) is 27.9 Å². The van der Waals surface area contributed by atoms with Crippen LogP contribution in [0.3, 0.4) is 0 Å². The molecule has 1 amide bonds. The van der Waals surface area contributed by atoms with Gasteiger partial charge < -0.3 is 5.32 Å². The molecule has 0 unspecified atom stereocenters. The number of rotatable bonds is 3. The van der Waals surface area contributed by atoms with Crippen molar-refractivity contribution in [2.75, 3.05) is 11.1 Å². The molecule has 70 valence electrons. The molecule has 0 aliphatic rings. The zero-order chi connectivity index (χ0) is 9.68. The molecule has 0 saturated heterocycles. The van der Waals surface area contributed by atoms with Crippen LogP contribution in [0.15, 0.2) is 12.4 Å². The highest BCUT2D eigenvalue weighted by Gasteiger charge is 2.00. The van der Waals surface area contributed by atoms with Crippen LogP contribution < -0.4 is 5.32 Å². The number of nitrogens with one attached hydrogen (secondary N) is 1. The van der Waals surface area contributed by atoms with E-state index in [1.807, 2.05) is 0 Å². The van der Waals surface area contributed by atoms with Gasteiger partial charge in [0.15, 0.2) is 0 Å². The van der Waals surface area contributed by atoms with Crippen molar-refractivity contribution < 1.29 is 4.79 Å². The third kappa shape index (κ3) is 3.42. The van der Waals surface area contributed by atoms with Crippen LogP contribution in [0, 0.1) is 6.92 Å². The van der Waals surface area contributed by atoms with Crippen LogP contribution in [0.2, 0.25) is 0 Å². The zero-order valence-corrected chi connectivity index (χ0v) is 8.21. The molecule has 5 heteroatoms. The second kappa shape index (κ2) is 4.81. The maximum atomic E-state index is 11.1. The van der Waals surface area contributed by atoms with Crippen molar-refractivity contribution in [2.45, 2.75) is 13.3 Å². The summed E-state index contributed by atoms with van der Waals surface area (Å²) in [5.41, 5.74) is 0.623. The SMILES string of the molecule is Cc1ncc(NC(=O)CCS)cn1. The lowest BCUT2D eigenvalue weighted by atomic mass is 10.4. The maximum Gasteiger partial charge on any atom is 0.225 e. The molecule has 1 aromatic heterocycles. The lowest BCUT2D eigenvalue weighted by Gasteiger charge is -2.02. The second-order valence-corrected chi connectivity index (χ2v) is 2.99. The Labute approximate surface area is 82.2 Å². The van der Waals surface area contributed by atoms with Crippen molar-refractivity contribution in [1.29, 1.82) is 0 Å². The van der Waals surface area contributed by atoms with Gasteiger partial charge in [0.1, 0.15) is 5.82 Å². The molecule has 1 rings (SSSR count). The van der Waals surface area contributed by atoms with Crippen LogP contribution in [0.5, 0.6) is 0 Å². The Morgan fingerprint density at radius 3 is 2.69 bits per heavy atom. The zero-order valence-electron chi connectivity index (χ0n) is 7.32. The summed E-state index contributed by atoms with van der Waals surface area (Å²) in [6.07, 6.45) is 3.56. The number of aromatic nitrogens is 2. The number of thiol groups is 1. The normalized spacial score (nSPS) is 9.69. The molecule has 1 heterocycles. The van der Waals surface area contributed by atoms with Crippen LogP contribution in [-0.2, 0) is 4.79 Å². The number of hydrogen-bond acceptors (Lipinski definition) is 4. The lowest BCUT2D eigenvalue weighted by Crippen LogP contribution is -2.12. The Morgan fingerprint density at radius 2 is 2.15 bits per heavy atom. The van der Waals surface area contributed by atoms with E-state index in [1.54, 1.807) is 19.3 Å². The summed E-state index contributed by atoms with van der Waals surface area (Å²) >= 11 is 3.95. The Kier molecular flexibility index (Phi) is 3.70. The summed E-state index contributed by atoms with van der Waals surface area (Å²) in [5, 5.41) is 2.66. The van der Waals surface area contributed by atoms with Gasteiger partial charge in [0.25, 0.3) is 0 Å². The fourth-order valence-corrected chi connectivity index (χ4v) is 0.985. The Hall–Kier alpha value is -1.10. The van der Waals surface area contributed by atoms with E-state index >= 15 is 0 Å². The number of carbonyl (C=O) groups excluding carboxylic acids is 1. The molecule has 0 aromatic carbocycles. The van der Waals surface area contributed by atoms with Crippen LogP contribution in [0.4, 0.5) is 5.69 Å². The highest BCUT2D eigenvalue weighted by Crippen LogP contribution is 2.02. The van der Waals surface area contributed by atoms with Crippen molar-refractivity contribution >= 4 is 24.2 Å². The van der Waals surface area contributed by atoms with Crippen LogP contribution in [0.25, 0.3) is 0 Å². The molecule has 0 radical (unpaired) electrons. The molecule has 0 atom stereocenters. The molecule has 0 bridgehead atoms. The number of carbonyl (C=O) groups is 1. The lowest BCUT2D eigenvalue weighted by molar-refractivity contribution is -0.115. The van der Waals surface area contributed by atoms with Crippen molar-refractivity contribution in [2.24, 2.45) is 0 Å². The highest BCUT2D eigenvalue weighted by atomic mass is 32.1. The molecule has 0 aliphatic heterocycles. The minimum Gasteiger partial charge on any atom is -0.323 e. The number of aryl methyl sites for hydroxylation is 1. The van der Waals surface area contributed by atoms with Gasteiger partial charge >= 0.3 is 0 Å². The van der Waals surface area contributed by atoms with Gasteiger partial charge in [-0.3, -0.25) is 4.79 Å². The topological polar surface area (TPSA) is 54.9 Å². The van der Waals surface area contributed by atoms with Gasteiger partial charge in [-0.15, -0.1) is 0 Å². The first-order valence-corrected chi connectivity index (χ1v) is 4.55. The van der Waals surface area contributed by atoms with E-state index in [0.717, 1.165) is 0 Å². The first-order valence-electron chi connectivity index (χ1n) is 3.91. The first-order chi connectivity index (χ1) is 6.22. The van der Waals surface area contributed by atoms with Gasteiger partial charge in [-0.2, -0.15) is 12.6 Å². The number of anilines is 1. The van der Waals surface area contributed by atoms with Gasteiger partial charge in [-0.1, -0.05) is 0 Å². The average Bonchev–Trinajstić information content (AvgIpc) is 2.09.